The minimum absolute atomic E-state index is 0.0609. The lowest BCUT2D eigenvalue weighted by Crippen LogP contribution is -2.52. The van der Waals surface area contributed by atoms with E-state index in [0.717, 1.165) is 10.5 Å². The standard InChI is InChI=1S/C23H24N4O6/c1-25(2)22(31)33-16-9-6-15(7-10-16)23(20(29)26(3)21(30)24-23)13-27-12-14-5-8-17(32-4)11-18(14)19(27)28/h5-11H,12-13H2,1-4H3,(H,24,30)/t23-/m0/s1. The van der Waals surface area contributed by atoms with Gasteiger partial charge in [-0.25, -0.2) is 9.59 Å². The van der Waals surface area contributed by atoms with Gasteiger partial charge in [0, 0.05) is 33.3 Å². The lowest BCUT2D eigenvalue weighted by molar-refractivity contribution is -0.131. The first-order valence-corrected chi connectivity index (χ1v) is 10.2. The fraction of sp³-hybridized carbons (Fsp3) is 0.304. The second-order valence-electron chi connectivity index (χ2n) is 8.17. The molecule has 1 saturated heterocycles. The van der Waals surface area contributed by atoms with Gasteiger partial charge in [-0.05, 0) is 35.4 Å². The van der Waals surface area contributed by atoms with Crippen LogP contribution in [0.25, 0.3) is 0 Å². The van der Waals surface area contributed by atoms with Gasteiger partial charge in [0.1, 0.15) is 11.5 Å². The Bertz CT molecular complexity index is 1150. The van der Waals surface area contributed by atoms with Gasteiger partial charge in [-0.15, -0.1) is 0 Å². The number of nitrogens with one attached hydrogen (secondary N) is 1. The fourth-order valence-corrected chi connectivity index (χ4v) is 3.97. The van der Waals surface area contributed by atoms with E-state index in [2.05, 4.69) is 5.32 Å². The number of benzene rings is 2. The molecular weight excluding hydrogens is 428 g/mol. The van der Waals surface area contributed by atoms with E-state index in [1.807, 2.05) is 6.07 Å². The molecule has 10 heteroatoms. The molecule has 172 valence electrons. The number of fused-ring (bicyclic) bond motifs is 1. The first-order valence-electron chi connectivity index (χ1n) is 10.2. The molecule has 1 fully saturated rings. The Labute approximate surface area is 190 Å². The van der Waals surface area contributed by atoms with Crippen LogP contribution in [0.4, 0.5) is 9.59 Å². The van der Waals surface area contributed by atoms with Crippen LogP contribution in [0.5, 0.6) is 11.5 Å². The predicted molar refractivity (Wildman–Crippen MR) is 117 cm³/mol. The summed E-state index contributed by atoms with van der Waals surface area (Å²) in [6.45, 7) is 0.236. The summed E-state index contributed by atoms with van der Waals surface area (Å²) in [6, 6.07) is 11.0. The average Bonchev–Trinajstić information content (AvgIpc) is 3.22. The van der Waals surface area contributed by atoms with Crippen LogP contribution in [0.3, 0.4) is 0 Å². The molecule has 2 heterocycles. The largest absolute Gasteiger partial charge is 0.497 e. The van der Waals surface area contributed by atoms with Crippen LogP contribution in [0, 0.1) is 0 Å². The smallest absolute Gasteiger partial charge is 0.414 e. The molecule has 2 aromatic carbocycles. The molecule has 0 saturated carbocycles. The predicted octanol–water partition coefficient (Wildman–Crippen LogP) is 1.79. The number of hydrogen-bond donors (Lipinski definition) is 1. The zero-order chi connectivity index (χ0) is 23.9. The lowest BCUT2D eigenvalue weighted by Gasteiger charge is -2.31. The van der Waals surface area contributed by atoms with Crippen LogP contribution in [-0.2, 0) is 16.9 Å². The van der Waals surface area contributed by atoms with E-state index >= 15 is 0 Å². The highest BCUT2D eigenvalue weighted by Gasteiger charge is 2.53. The van der Waals surface area contributed by atoms with Crippen molar-refractivity contribution in [2.75, 3.05) is 34.8 Å². The first kappa shape index (κ1) is 22.1. The summed E-state index contributed by atoms with van der Waals surface area (Å²) in [5, 5.41) is 2.76. The topological polar surface area (TPSA) is 108 Å². The van der Waals surface area contributed by atoms with Gasteiger partial charge in [0.2, 0.25) is 0 Å². The second kappa shape index (κ2) is 8.12. The average molecular weight is 452 g/mol. The van der Waals surface area contributed by atoms with Crippen LogP contribution in [-0.4, -0.2) is 73.4 Å². The number of urea groups is 1. The summed E-state index contributed by atoms with van der Waals surface area (Å²) < 4.78 is 10.5. The van der Waals surface area contributed by atoms with Crippen LogP contribution < -0.4 is 14.8 Å². The molecule has 2 aromatic rings. The lowest BCUT2D eigenvalue weighted by atomic mass is 9.89. The van der Waals surface area contributed by atoms with E-state index in [1.54, 1.807) is 50.5 Å². The van der Waals surface area contributed by atoms with Gasteiger partial charge in [-0.2, -0.15) is 0 Å². The Balaban J connectivity index is 1.66. The molecule has 2 aliphatic heterocycles. The van der Waals surface area contributed by atoms with E-state index in [9.17, 15) is 19.2 Å². The number of methoxy groups -OCH3 is 1. The van der Waals surface area contributed by atoms with Crippen molar-refractivity contribution in [3.05, 3.63) is 59.2 Å². The molecule has 1 atom stereocenters. The van der Waals surface area contributed by atoms with E-state index in [0.29, 0.717) is 23.4 Å². The minimum atomic E-state index is -1.47. The molecule has 2 aliphatic rings. The first-order chi connectivity index (χ1) is 15.7. The Kier molecular flexibility index (Phi) is 5.44. The third kappa shape index (κ3) is 3.73. The quantitative estimate of drug-likeness (QED) is 0.693. The van der Waals surface area contributed by atoms with Crippen molar-refractivity contribution < 1.29 is 28.7 Å². The zero-order valence-corrected chi connectivity index (χ0v) is 18.7. The van der Waals surface area contributed by atoms with Gasteiger partial charge in [-0.1, -0.05) is 18.2 Å². The maximum atomic E-state index is 13.3. The van der Waals surface area contributed by atoms with Crippen molar-refractivity contribution in [3.8, 4) is 11.5 Å². The van der Waals surface area contributed by atoms with Crippen molar-refractivity contribution >= 4 is 23.9 Å². The number of carbonyl (C=O) groups excluding carboxylic acids is 4. The summed E-state index contributed by atoms with van der Waals surface area (Å²) in [5.74, 6) is 0.115. The Morgan fingerprint density at radius 3 is 2.33 bits per heavy atom. The third-order valence-corrected chi connectivity index (χ3v) is 5.84. The molecule has 0 radical (unpaired) electrons. The highest BCUT2D eigenvalue weighted by Crippen LogP contribution is 2.34. The summed E-state index contributed by atoms with van der Waals surface area (Å²) in [4.78, 5) is 54.4. The van der Waals surface area contributed by atoms with E-state index < -0.39 is 23.6 Å². The van der Waals surface area contributed by atoms with Gasteiger partial charge < -0.3 is 24.6 Å². The zero-order valence-electron chi connectivity index (χ0n) is 18.7. The Morgan fingerprint density at radius 2 is 1.76 bits per heavy atom. The van der Waals surface area contributed by atoms with Crippen molar-refractivity contribution in [3.63, 3.8) is 0 Å². The SMILES string of the molecule is COc1ccc2c(c1)C(=O)N(C[C@@]1(c3ccc(OC(=O)N(C)C)cc3)NC(=O)N(C)C1=O)C2. The molecule has 10 nitrogen and oxygen atoms in total. The second-order valence-corrected chi connectivity index (χ2v) is 8.17. The number of ether oxygens (including phenoxy) is 2. The number of likely N-dealkylation sites (N-methyl/N-ethyl adjacent to an activating group) is 1. The molecule has 4 rings (SSSR count). The number of rotatable bonds is 5. The highest BCUT2D eigenvalue weighted by atomic mass is 16.6. The Hall–Kier alpha value is -4.08. The summed E-state index contributed by atoms with van der Waals surface area (Å²) in [7, 11) is 6.04. The molecular formula is C23H24N4O6. The normalized spacial score (nSPS) is 19.5. The summed E-state index contributed by atoms with van der Waals surface area (Å²) >= 11 is 0. The van der Waals surface area contributed by atoms with Crippen molar-refractivity contribution in [2.45, 2.75) is 12.1 Å². The van der Waals surface area contributed by atoms with Gasteiger partial charge in [0.15, 0.2) is 5.54 Å². The molecule has 33 heavy (non-hydrogen) atoms. The maximum Gasteiger partial charge on any atom is 0.414 e. The van der Waals surface area contributed by atoms with Gasteiger partial charge in [-0.3, -0.25) is 14.5 Å². The minimum Gasteiger partial charge on any atom is -0.497 e. The number of hydrogen-bond acceptors (Lipinski definition) is 6. The monoisotopic (exact) mass is 452 g/mol. The van der Waals surface area contributed by atoms with E-state index in [1.165, 1.54) is 24.0 Å². The van der Waals surface area contributed by atoms with E-state index in [-0.39, 0.29) is 18.2 Å². The van der Waals surface area contributed by atoms with E-state index in [4.69, 9.17) is 9.47 Å². The van der Waals surface area contributed by atoms with Gasteiger partial charge >= 0.3 is 12.1 Å². The van der Waals surface area contributed by atoms with Crippen LogP contribution >= 0.6 is 0 Å². The van der Waals surface area contributed by atoms with Crippen molar-refractivity contribution in [2.24, 2.45) is 0 Å². The van der Waals surface area contributed by atoms with Crippen LogP contribution in [0.15, 0.2) is 42.5 Å². The fourth-order valence-electron chi connectivity index (χ4n) is 3.97. The molecule has 5 amide bonds. The molecule has 0 unspecified atom stereocenters. The van der Waals surface area contributed by atoms with Gasteiger partial charge in [0.25, 0.3) is 11.8 Å². The number of imide groups is 1. The van der Waals surface area contributed by atoms with Crippen LogP contribution in [0.2, 0.25) is 0 Å². The summed E-state index contributed by atoms with van der Waals surface area (Å²) in [5.41, 5.74) is 0.307. The highest BCUT2D eigenvalue weighted by molar-refractivity contribution is 6.08. The summed E-state index contributed by atoms with van der Waals surface area (Å²) in [6.07, 6.45) is -0.543. The Morgan fingerprint density at radius 1 is 1.09 bits per heavy atom. The molecule has 0 spiro atoms. The molecule has 1 N–H and O–H groups in total. The number of nitrogens with zero attached hydrogens (tertiary/aromatic N) is 3. The van der Waals surface area contributed by atoms with Crippen molar-refractivity contribution in [1.29, 1.82) is 0 Å². The van der Waals surface area contributed by atoms with Crippen LogP contribution in [0.1, 0.15) is 21.5 Å². The third-order valence-electron chi connectivity index (χ3n) is 5.84. The maximum absolute atomic E-state index is 13.3. The molecule has 0 aliphatic carbocycles. The number of carbonyl (C=O) groups is 4. The van der Waals surface area contributed by atoms with Crippen molar-refractivity contribution in [1.82, 2.24) is 20.0 Å². The number of amides is 5. The molecule has 0 aromatic heterocycles. The molecule has 0 bridgehead atoms. The van der Waals surface area contributed by atoms with Gasteiger partial charge in [0.05, 0.1) is 13.7 Å².